The van der Waals surface area contributed by atoms with Crippen LogP contribution in [0.3, 0.4) is 0 Å². The number of fused-ring (bicyclic) bond motifs is 1. The SMILES string of the molecule is Nc1c(Br)c(C2CCN(C(=O)CO)CC2)nc2c(-c3ccc(-c4ccccc4)nc3)cnn12. The Morgan fingerprint density at radius 2 is 1.85 bits per heavy atom. The molecule has 1 saturated heterocycles. The number of amides is 1. The van der Waals surface area contributed by atoms with E-state index >= 15 is 0 Å². The topological polar surface area (TPSA) is 110 Å². The van der Waals surface area contributed by atoms with Crippen molar-refractivity contribution in [1.29, 1.82) is 0 Å². The van der Waals surface area contributed by atoms with Crippen molar-refractivity contribution in [2.24, 2.45) is 0 Å². The quantitative estimate of drug-likeness (QED) is 0.438. The Balaban J connectivity index is 1.48. The molecule has 0 spiro atoms. The summed E-state index contributed by atoms with van der Waals surface area (Å²) in [6.07, 6.45) is 5.10. The number of anilines is 1. The van der Waals surface area contributed by atoms with Crippen LogP contribution in [0.1, 0.15) is 24.5 Å². The number of nitrogens with zero attached hydrogens (tertiary/aromatic N) is 5. The fourth-order valence-corrected chi connectivity index (χ4v) is 4.90. The van der Waals surface area contributed by atoms with E-state index in [1.807, 2.05) is 48.7 Å². The van der Waals surface area contributed by atoms with Crippen LogP contribution in [0.25, 0.3) is 28.0 Å². The van der Waals surface area contributed by atoms with Crippen LogP contribution in [-0.2, 0) is 4.79 Å². The van der Waals surface area contributed by atoms with Crippen LogP contribution in [-0.4, -0.2) is 55.2 Å². The number of nitrogens with two attached hydrogens (primary N) is 1. The molecule has 1 aliphatic heterocycles. The smallest absolute Gasteiger partial charge is 0.248 e. The maximum Gasteiger partial charge on any atom is 0.248 e. The second-order valence-electron chi connectivity index (χ2n) is 8.10. The Bertz CT molecular complexity index is 1300. The van der Waals surface area contributed by atoms with Gasteiger partial charge in [0, 0.05) is 41.9 Å². The molecule has 0 unspecified atom stereocenters. The van der Waals surface area contributed by atoms with Crippen LogP contribution in [0.15, 0.2) is 59.3 Å². The van der Waals surface area contributed by atoms with E-state index < -0.39 is 6.61 Å². The van der Waals surface area contributed by atoms with Crippen molar-refractivity contribution < 1.29 is 9.90 Å². The molecule has 5 rings (SSSR count). The normalized spacial score (nSPS) is 14.7. The zero-order valence-corrected chi connectivity index (χ0v) is 19.4. The van der Waals surface area contributed by atoms with Gasteiger partial charge in [-0.05, 0) is 34.8 Å². The summed E-state index contributed by atoms with van der Waals surface area (Å²) in [4.78, 5) is 23.1. The summed E-state index contributed by atoms with van der Waals surface area (Å²) in [6.45, 7) is 0.711. The number of nitrogen functional groups attached to an aromatic ring is 1. The number of piperidine rings is 1. The van der Waals surface area contributed by atoms with E-state index in [2.05, 4.69) is 26.0 Å². The third kappa shape index (κ3) is 3.98. The van der Waals surface area contributed by atoms with Crippen molar-refractivity contribution in [2.45, 2.75) is 18.8 Å². The minimum atomic E-state index is -0.457. The zero-order chi connectivity index (χ0) is 22.9. The van der Waals surface area contributed by atoms with Gasteiger partial charge in [0.2, 0.25) is 5.91 Å². The molecule has 8 nitrogen and oxygen atoms in total. The van der Waals surface area contributed by atoms with E-state index in [1.54, 1.807) is 15.6 Å². The maximum atomic E-state index is 11.8. The number of aromatic nitrogens is 4. The molecule has 1 aromatic carbocycles. The number of carbonyl (C=O) groups excluding carboxylic acids is 1. The summed E-state index contributed by atoms with van der Waals surface area (Å²) in [5.74, 6) is 0.402. The highest BCUT2D eigenvalue weighted by Gasteiger charge is 2.28. The fraction of sp³-hybridized carbons (Fsp3) is 0.250. The number of benzene rings is 1. The summed E-state index contributed by atoms with van der Waals surface area (Å²) >= 11 is 3.61. The van der Waals surface area contributed by atoms with Crippen LogP contribution >= 0.6 is 15.9 Å². The van der Waals surface area contributed by atoms with E-state index in [0.717, 1.165) is 45.4 Å². The summed E-state index contributed by atoms with van der Waals surface area (Å²) in [7, 11) is 0. The first-order chi connectivity index (χ1) is 16.1. The number of halogens is 1. The van der Waals surface area contributed by atoms with Gasteiger partial charge in [0.05, 0.1) is 22.1 Å². The van der Waals surface area contributed by atoms with Gasteiger partial charge in [-0.3, -0.25) is 9.78 Å². The summed E-state index contributed by atoms with van der Waals surface area (Å²) in [6, 6.07) is 14.0. The number of pyridine rings is 1. The lowest BCUT2D eigenvalue weighted by atomic mass is 9.93. The molecule has 33 heavy (non-hydrogen) atoms. The van der Waals surface area contributed by atoms with E-state index in [4.69, 9.17) is 15.8 Å². The van der Waals surface area contributed by atoms with Crippen molar-refractivity contribution in [3.8, 4) is 22.4 Å². The second-order valence-corrected chi connectivity index (χ2v) is 8.89. The monoisotopic (exact) mass is 506 g/mol. The van der Waals surface area contributed by atoms with Gasteiger partial charge in [0.1, 0.15) is 12.4 Å². The van der Waals surface area contributed by atoms with Gasteiger partial charge in [-0.2, -0.15) is 9.61 Å². The standard InChI is InChI=1S/C24H23BrN6O2/c25-21-22(16-8-10-30(11-9-16)20(33)14-32)29-24-18(13-28-31(24)23(21)26)17-6-7-19(27-12-17)15-4-2-1-3-5-15/h1-7,12-13,16,32H,8-11,14,26H2. The number of hydrogen-bond acceptors (Lipinski definition) is 6. The number of rotatable bonds is 4. The summed E-state index contributed by atoms with van der Waals surface area (Å²) in [5, 5.41) is 13.6. The molecule has 3 N–H and O–H groups in total. The zero-order valence-electron chi connectivity index (χ0n) is 17.9. The molecule has 4 aromatic rings. The number of hydrogen-bond donors (Lipinski definition) is 2. The molecule has 0 radical (unpaired) electrons. The van der Waals surface area contributed by atoms with Crippen molar-refractivity contribution in [2.75, 3.05) is 25.4 Å². The number of carbonyl (C=O) groups is 1. The highest BCUT2D eigenvalue weighted by Crippen LogP contribution is 2.37. The van der Waals surface area contributed by atoms with Crippen molar-refractivity contribution >= 4 is 33.3 Å². The lowest BCUT2D eigenvalue weighted by Crippen LogP contribution is -2.39. The predicted molar refractivity (Wildman–Crippen MR) is 129 cm³/mol. The molecule has 168 valence electrons. The van der Waals surface area contributed by atoms with Gasteiger partial charge in [0.15, 0.2) is 5.65 Å². The molecule has 9 heteroatoms. The average Bonchev–Trinajstić information content (AvgIpc) is 3.30. The molecule has 1 fully saturated rings. The molecule has 0 bridgehead atoms. The Kier molecular flexibility index (Phi) is 5.82. The van der Waals surface area contributed by atoms with E-state index in [9.17, 15) is 4.79 Å². The molecule has 1 amide bonds. The molecule has 0 saturated carbocycles. The number of aliphatic hydroxyl groups is 1. The number of aliphatic hydroxyl groups excluding tert-OH is 1. The van der Waals surface area contributed by atoms with Gasteiger partial charge in [0.25, 0.3) is 0 Å². The Morgan fingerprint density at radius 3 is 2.52 bits per heavy atom. The molecular weight excluding hydrogens is 484 g/mol. The Morgan fingerprint density at radius 1 is 1.09 bits per heavy atom. The minimum absolute atomic E-state index is 0.149. The largest absolute Gasteiger partial charge is 0.387 e. The first kappa shape index (κ1) is 21.5. The van der Waals surface area contributed by atoms with Crippen LogP contribution in [0.2, 0.25) is 0 Å². The number of likely N-dealkylation sites (tertiary alicyclic amines) is 1. The van der Waals surface area contributed by atoms with Crippen molar-refractivity contribution in [3.63, 3.8) is 0 Å². The Hall–Kier alpha value is -3.30. The van der Waals surface area contributed by atoms with Gasteiger partial charge < -0.3 is 15.7 Å². The van der Waals surface area contributed by atoms with E-state index in [-0.39, 0.29) is 11.8 Å². The van der Waals surface area contributed by atoms with Crippen molar-refractivity contribution in [1.82, 2.24) is 24.5 Å². The highest BCUT2D eigenvalue weighted by atomic mass is 79.9. The molecule has 3 aromatic heterocycles. The van der Waals surface area contributed by atoms with Gasteiger partial charge in [-0.15, -0.1) is 0 Å². The van der Waals surface area contributed by atoms with Gasteiger partial charge in [-0.25, -0.2) is 4.98 Å². The molecule has 0 aliphatic carbocycles. The van der Waals surface area contributed by atoms with E-state index in [1.165, 1.54) is 0 Å². The van der Waals surface area contributed by atoms with Crippen LogP contribution in [0.4, 0.5) is 5.82 Å². The fourth-order valence-electron chi connectivity index (χ4n) is 4.32. The third-order valence-electron chi connectivity index (χ3n) is 6.16. The van der Waals surface area contributed by atoms with Crippen LogP contribution in [0, 0.1) is 0 Å². The van der Waals surface area contributed by atoms with Crippen LogP contribution < -0.4 is 5.73 Å². The summed E-state index contributed by atoms with van der Waals surface area (Å²) in [5.41, 5.74) is 11.7. The molecule has 4 heterocycles. The first-order valence-corrected chi connectivity index (χ1v) is 11.6. The van der Waals surface area contributed by atoms with Gasteiger partial charge in [-0.1, -0.05) is 36.4 Å². The van der Waals surface area contributed by atoms with Gasteiger partial charge >= 0.3 is 0 Å². The maximum absolute atomic E-state index is 11.8. The second kappa shape index (κ2) is 8.92. The predicted octanol–water partition coefficient (Wildman–Crippen LogP) is 3.50. The first-order valence-electron chi connectivity index (χ1n) is 10.8. The third-order valence-corrected chi connectivity index (χ3v) is 6.97. The van der Waals surface area contributed by atoms with E-state index in [0.29, 0.717) is 24.6 Å². The molecule has 0 atom stereocenters. The minimum Gasteiger partial charge on any atom is -0.387 e. The molecule has 1 aliphatic rings. The Labute approximate surface area is 199 Å². The lowest BCUT2D eigenvalue weighted by Gasteiger charge is -2.31. The summed E-state index contributed by atoms with van der Waals surface area (Å²) < 4.78 is 2.37. The lowest BCUT2D eigenvalue weighted by molar-refractivity contribution is -0.135. The average molecular weight is 507 g/mol. The highest BCUT2D eigenvalue weighted by molar-refractivity contribution is 9.10. The van der Waals surface area contributed by atoms with Crippen molar-refractivity contribution in [3.05, 3.63) is 65.0 Å². The molecular formula is C24H23BrN6O2. The van der Waals surface area contributed by atoms with Crippen LogP contribution in [0.5, 0.6) is 0 Å².